The predicted octanol–water partition coefficient (Wildman–Crippen LogP) is 3.77. The number of nitro benzene ring substituents is 1. The minimum absolute atomic E-state index is 0.0349. The number of aryl methyl sites for hydroxylation is 1. The number of nitrogens with one attached hydrogen (secondary N) is 1. The average Bonchev–Trinajstić information content (AvgIpc) is 2.97. The minimum Gasteiger partial charge on any atom is -0.384 e. The van der Waals surface area contributed by atoms with Gasteiger partial charge in [-0.05, 0) is 36.8 Å². The van der Waals surface area contributed by atoms with E-state index in [0.717, 1.165) is 17.8 Å². The van der Waals surface area contributed by atoms with Gasteiger partial charge in [0.15, 0.2) is 0 Å². The topological polar surface area (TPSA) is 55.2 Å². The Labute approximate surface area is 105 Å². The number of nitro groups is 1. The average molecular weight is 255 g/mol. The molecule has 17 heavy (non-hydrogen) atoms. The molecule has 0 amide bonds. The standard InChI is InChI=1S/C12H15ClN2O2/c1-8-5-11(15(16)17)9(13)6-10(8)14-7-12(2)3-4-12/h5-6,14H,3-4,7H2,1-2H3. The zero-order chi connectivity index (χ0) is 12.6. The van der Waals surface area contributed by atoms with Crippen molar-refractivity contribution >= 4 is 23.0 Å². The first kappa shape index (κ1) is 12.2. The van der Waals surface area contributed by atoms with Gasteiger partial charge in [-0.1, -0.05) is 18.5 Å². The van der Waals surface area contributed by atoms with Crippen molar-refractivity contribution in [3.05, 3.63) is 32.8 Å². The summed E-state index contributed by atoms with van der Waals surface area (Å²) in [5.41, 5.74) is 2.09. The van der Waals surface area contributed by atoms with Crippen molar-refractivity contribution in [2.24, 2.45) is 5.41 Å². The molecule has 0 saturated heterocycles. The lowest BCUT2D eigenvalue weighted by atomic mass is 10.1. The van der Waals surface area contributed by atoms with Crippen molar-refractivity contribution < 1.29 is 4.92 Å². The molecule has 1 aromatic rings. The quantitative estimate of drug-likeness (QED) is 0.657. The molecule has 0 spiro atoms. The lowest BCUT2D eigenvalue weighted by molar-refractivity contribution is -0.384. The van der Waals surface area contributed by atoms with Crippen LogP contribution in [0.15, 0.2) is 12.1 Å². The van der Waals surface area contributed by atoms with Crippen molar-refractivity contribution in [3.63, 3.8) is 0 Å². The lowest BCUT2D eigenvalue weighted by Crippen LogP contribution is -2.12. The first-order valence-corrected chi connectivity index (χ1v) is 5.97. The summed E-state index contributed by atoms with van der Waals surface area (Å²) in [5, 5.41) is 14.2. The Bertz CT molecular complexity index is 470. The molecule has 5 heteroatoms. The van der Waals surface area contributed by atoms with E-state index in [1.54, 1.807) is 6.07 Å². The monoisotopic (exact) mass is 254 g/mol. The molecule has 1 aliphatic carbocycles. The molecule has 1 aliphatic rings. The number of hydrogen-bond acceptors (Lipinski definition) is 3. The van der Waals surface area contributed by atoms with Gasteiger partial charge in [0.05, 0.1) is 4.92 Å². The second-order valence-electron chi connectivity index (χ2n) is 5.04. The van der Waals surface area contributed by atoms with Gasteiger partial charge in [-0.2, -0.15) is 0 Å². The van der Waals surface area contributed by atoms with Gasteiger partial charge < -0.3 is 5.32 Å². The zero-order valence-corrected chi connectivity index (χ0v) is 10.7. The molecule has 1 saturated carbocycles. The van der Waals surface area contributed by atoms with Crippen LogP contribution in [-0.4, -0.2) is 11.5 Å². The number of halogens is 1. The number of hydrogen-bond donors (Lipinski definition) is 1. The fourth-order valence-electron chi connectivity index (χ4n) is 1.70. The van der Waals surface area contributed by atoms with Crippen molar-refractivity contribution in [1.29, 1.82) is 0 Å². The first-order chi connectivity index (χ1) is 7.91. The smallest absolute Gasteiger partial charge is 0.288 e. The summed E-state index contributed by atoms with van der Waals surface area (Å²) in [6, 6.07) is 3.15. The Kier molecular flexibility index (Phi) is 3.00. The molecular formula is C12H15ClN2O2. The van der Waals surface area contributed by atoms with E-state index >= 15 is 0 Å². The molecule has 1 fully saturated rings. The van der Waals surface area contributed by atoms with Crippen LogP contribution in [-0.2, 0) is 0 Å². The van der Waals surface area contributed by atoms with Gasteiger partial charge in [0, 0.05) is 18.3 Å². The summed E-state index contributed by atoms with van der Waals surface area (Å²) >= 11 is 5.88. The molecule has 2 rings (SSSR count). The van der Waals surface area contributed by atoms with Crippen LogP contribution in [0.2, 0.25) is 5.02 Å². The fourth-order valence-corrected chi connectivity index (χ4v) is 1.93. The van der Waals surface area contributed by atoms with Crippen LogP contribution in [0.4, 0.5) is 11.4 Å². The normalized spacial score (nSPS) is 16.6. The minimum atomic E-state index is -0.457. The molecule has 0 atom stereocenters. The van der Waals surface area contributed by atoms with E-state index in [9.17, 15) is 10.1 Å². The maximum absolute atomic E-state index is 10.7. The Balaban J connectivity index is 2.17. The van der Waals surface area contributed by atoms with E-state index in [1.807, 2.05) is 6.92 Å². The molecule has 1 aromatic carbocycles. The SMILES string of the molecule is Cc1cc([N+](=O)[O-])c(Cl)cc1NCC1(C)CC1. The summed E-state index contributed by atoms with van der Waals surface area (Å²) in [7, 11) is 0. The number of nitrogens with zero attached hydrogens (tertiary/aromatic N) is 1. The molecule has 0 radical (unpaired) electrons. The van der Waals surface area contributed by atoms with Crippen molar-refractivity contribution in [2.45, 2.75) is 26.7 Å². The van der Waals surface area contributed by atoms with Gasteiger partial charge in [-0.15, -0.1) is 0 Å². The molecule has 0 unspecified atom stereocenters. The van der Waals surface area contributed by atoms with Crippen LogP contribution in [0, 0.1) is 22.5 Å². The number of anilines is 1. The summed E-state index contributed by atoms with van der Waals surface area (Å²) in [5.74, 6) is 0. The Morgan fingerprint density at radius 2 is 2.18 bits per heavy atom. The highest BCUT2D eigenvalue weighted by Gasteiger charge is 2.36. The maximum Gasteiger partial charge on any atom is 0.288 e. The van der Waals surface area contributed by atoms with Crippen LogP contribution < -0.4 is 5.32 Å². The van der Waals surface area contributed by atoms with Gasteiger partial charge in [0.2, 0.25) is 0 Å². The van der Waals surface area contributed by atoms with Crippen LogP contribution in [0.5, 0.6) is 0 Å². The molecule has 0 bridgehead atoms. The van der Waals surface area contributed by atoms with E-state index in [1.165, 1.54) is 18.9 Å². The van der Waals surface area contributed by atoms with Gasteiger partial charge in [-0.3, -0.25) is 10.1 Å². The highest BCUT2D eigenvalue weighted by Crippen LogP contribution is 2.45. The van der Waals surface area contributed by atoms with E-state index in [-0.39, 0.29) is 10.7 Å². The third-order valence-electron chi connectivity index (χ3n) is 3.30. The van der Waals surface area contributed by atoms with Gasteiger partial charge in [0.25, 0.3) is 5.69 Å². The Morgan fingerprint density at radius 1 is 1.53 bits per heavy atom. The van der Waals surface area contributed by atoms with Crippen LogP contribution >= 0.6 is 11.6 Å². The third kappa shape index (κ3) is 2.69. The fraction of sp³-hybridized carbons (Fsp3) is 0.500. The summed E-state index contributed by atoms with van der Waals surface area (Å²) in [6.45, 7) is 4.96. The highest BCUT2D eigenvalue weighted by atomic mass is 35.5. The molecule has 0 heterocycles. The summed E-state index contributed by atoms with van der Waals surface area (Å²) in [4.78, 5) is 10.3. The van der Waals surface area contributed by atoms with Crippen LogP contribution in [0.1, 0.15) is 25.3 Å². The Hall–Kier alpha value is -1.29. The zero-order valence-electron chi connectivity index (χ0n) is 9.92. The van der Waals surface area contributed by atoms with Crippen LogP contribution in [0.25, 0.3) is 0 Å². The molecule has 92 valence electrons. The van der Waals surface area contributed by atoms with Crippen molar-refractivity contribution in [3.8, 4) is 0 Å². The third-order valence-corrected chi connectivity index (χ3v) is 3.60. The molecule has 0 aliphatic heterocycles. The van der Waals surface area contributed by atoms with Gasteiger partial charge in [0.1, 0.15) is 5.02 Å². The van der Waals surface area contributed by atoms with E-state index in [4.69, 9.17) is 11.6 Å². The van der Waals surface area contributed by atoms with Gasteiger partial charge in [-0.25, -0.2) is 0 Å². The summed E-state index contributed by atoms with van der Waals surface area (Å²) < 4.78 is 0. The van der Waals surface area contributed by atoms with E-state index in [0.29, 0.717) is 5.41 Å². The lowest BCUT2D eigenvalue weighted by Gasteiger charge is -2.13. The molecule has 0 aromatic heterocycles. The second-order valence-corrected chi connectivity index (χ2v) is 5.45. The van der Waals surface area contributed by atoms with Crippen molar-refractivity contribution in [1.82, 2.24) is 0 Å². The molecular weight excluding hydrogens is 240 g/mol. The van der Waals surface area contributed by atoms with Crippen molar-refractivity contribution in [2.75, 3.05) is 11.9 Å². The summed E-state index contributed by atoms with van der Waals surface area (Å²) in [6.07, 6.45) is 2.47. The maximum atomic E-state index is 10.7. The molecule has 1 N–H and O–H groups in total. The largest absolute Gasteiger partial charge is 0.384 e. The van der Waals surface area contributed by atoms with E-state index in [2.05, 4.69) is 12.2 Å². The molecule has 4 nitrogen and oxygen atoms in total. The number of benzene rings is 1. The second kappa shape index (κ2) is 4.18. The Morgan fingerprint density at radius 3 is 2.71 bits per heavy atom. The van der Waals surface area contributed by atoms with E-state index < -0.39 is 4.92 Å². The number of rotatable bonds is 4. The first-order valence-electron chi connectivity index (χ1n) is 5.60. The van der Waals surface area contributed by atoms with Gasteiger partial charge >= 0.3 is 0 Å². The predicted molar refractivity (Wildman–Crippen MR) is 68.7 cm³/mol. The highest BCUT2D eigenvalue weighted by molar-refractivity contribution is 6.33. The van der Waals surface area contributed by atoms with Crippen LogP contribution in [0.3, 0.4) is 0 Å².